The van der Waals surface area contributed by atoms with Gasteiger partial charge in [0, 0.05) is 11.1 Å². The highest BCUT2D eigenvalue weighted by Crippen LogP contribution is 2.11. The van der Waals surface area contributed by atoms with Crippen molar-refractivity contribution in [1.82, 2.24) is 0 Å². The molecule has 0 heterocycles. The monoisotopic (exact) mass is 206 g/mol. The number of benzene rings is 1. The molecule has 1 aromatic carbocycles. The number of nitrogen functional groups attached to an aromatic ring is 1. The van der Waals surface area contributed by atoms with Crippen LogP contribution in [0.2, 0.25) is 0 Å². The molecule has 2 amide bonds. The molecule has 6 heteroatoms. The van der Waals surface area contributed by atoms with Crippen molar-refractivity contribution in [3.05, 3.63) is 34.9 Å². The molecule has 0 saturated heterocycles. The van der Waals surface area contributed by atoms with Crippen LogP contribution < -0.4 is 17.2 Å². The molecule has 0 radical (unpaired) electrons. The second-order valence-electron chi connectivity index (χ2n) is 2.90. The SMILES string of the molecule is N=C(N)c1ccc(C(N)=O)cc1C(N)=O. The van der Waals surface area contributed by atoms with E-state index in [1.165, 1.54) is 18.2 Å². The van der Waals surface area contributed by atoms with Gasteiger partial charge in [-0.25, -0.2) is 0 Å². The molecule has 1 rings (SSSR count). The van der Waals surface area contributed by atoms with Crippen LogP contribution in [0.5, 0.6) is 0 Å². The standard InChI is InChI=1S/C9H10N4O2/c10-7(11)5-2-1-4(8(12)14)3-6(5)9(13)15/h1-3H,(H3,10,11)(H2,12,14)(H2,13,15). The molecule has 15 heavy (non-hydrogen) atoms. The van der Waals surface area contributed by atoms with E-state index in [0.29, 0.717) is 0 Å². The van der Waals surface area contributed by atoms with E-state index in [9.17, 15) is 9.59 Å². The highest BCUT2D eigenvalue weighted by atomic mass is 16.1. The fourth-order valence-corrected chi connectivity index (χ4v) is 1.14. The summed E-state index contributed by atoms with van der Waals surface area (Å²) in [6.45, 7) is 0. The molecular weight excluding hydrogens is 196 g/mol. The van der Waals surface area contributed by atoms with Crippen molar-refractivity contribution in [1.29, 1.82) is 5.41 Å². The third kappa shape index (κ3) is 2.11. The molecule has 0 atom stereocenters. The van der Waals surface area contributed by atoms with Crippen molar-refractivity contribution in [2.75, 3.05) is 0 Å². The zero-order chi connectivity index (χ0) is 11.6. The number of carbonyl (C=O) groups is 2. The van der Waals surface area contributed by atoms with Gasteiger partial charge in [0.1, 0.15) is 5.84 Å². The number of nitrogens with two attached hydrogens (primary N) is 3. The first-order chi connectivity index (χ1) is 6.93. The number of hydrogen-bond acceptors (Lipinski definition) is 3. The number of amides is 2. The smallest absolute Gasteiger partial charge is 0.249 e. The first-order valence-electron chi connectivity index (χ1n) is 4.01. The number of carbonyl (C=O) groups excluding carboxylic acids is 2. The Balaban J connectivity index is 3.40. The van der Waals surface area contributed by atoms with Crippen LogP contribution in [0.3, 0.4) is 0 Å². The molecule has 0 aliphatic rings. The van der Waals surface area contributed by atoms with Gasteiger partial charge in [-0.05, 0) is 18.2 Å². The van der Waals surface area contributed by atoms with Crippen LogP contribution in [0.25, 0.3) is 0 Å². The molecule has 78 valence electrons. The lowest BCUT2D eigenvalue weighted by Crippen LogP contribution is -2.22. The van der Waals surface area contributed by atoms with Crippen molar-refractivity contribution < 1.29 is 9.59 Å². The lowest BCUT2D eigenvalue weighted by molar-refractivity contribution is 0.0999. The maximum absolute atomic E-state index is 11.0. The van der Waals surface area contributed by atoms with Gasteiger partial charge in [0.15, 0.2) is 0 Å². The van der Waals surface area contributed by atoms with E-state index < -0.39 is 11.8 Å². The van der Waals surface area contributed by atoms with Crippen molar-refractivity contribution in [3.63, 3.8) is 0 Å². The Kier molecular flexibility index (Phi) is 2.70. The van der Waals surface area contributed by atoms with Crippen LogP contribution in [-0.2, 0) is 0 Å². The summed E-state index contributed by atoms with van der Waals surface area (Å²) in [7, 11) is 0. The summed E-state index contributed by atoms with van der Waals surface area (Å²) in [4.78, 5) is 21.9. The van der Waals surface area contributed by atoms with Crippen LogP contribution >= 0.6 is 0 Å². The number of nitrogens with one attached hydrogen (secondary N) is 1. The van der Waals surface area contributed by atoms with Gasteiger partial charge in [-0.1, -0.05) is 0 Å². The van der Waals surface area contributed by atoms with E-state index in [-0.39, 0.29) is 22.5 Å². The summed E-state index contributed by atoms with van der Waals surface area (Å²) < 4.78 is 0. The van der Waals surface area contributed by atoms with Gasteiger partial charge in [-0.2, -0.15) is 0 Å². The highest BCUT2D eigenvalue weighted by Gasteiger charge is 2.12. The molecule has 1 aromatic rings. The van der Waals surface area contributed by atoms with Crippen LogP contribution in [0.4, 0.5) is 0 Å². The van der Waals surface area contributed by atoms with E-state index in [1.54, 1.807) is 0 Å². The van der Waals surface area contributed by atoms with E-state index in [1.807, 2.05) is 0 Å². The molecular formula is C9H10N4O2. The van der Waals surface area contributed by atoms with E-state index in [2.05, 4.69) is 0 Å². The molecule has 6 nitrogen and oxygen atoms in total. The molecule has 0 aromatic heterocycles. The second-order valence-corrected chi connectivity index (χ2v) is 2.90. The average molecular weight is 206 g/mol. The van der Waals surface area contributed by atoms with E-state index >= 15 is 0 Å². The summed E-state index contributed by atoms with van der Waals surface area (Å²) in [5, 5.41) is 7.20. The Bertz CT molecular complexity index is 453. The summed E-state index contributed by atoms with van der Waals surface area (Å²) >= 11 is 0. The molecule has 7 N–H and O–H groups in total. The van der Waals surface area contributed by atoms with Gasteiger partial charge in [-0.15, -0.1) is 0 Å². The van der Waals surface area contributed by atoms with Gasteiger partial charge >= 0.3 is 0 Å². The van der Waals surface area contributed by atoms with Gasteiger partial charge in [0.25, 0.3) is 0 Å². The van der Waals surface area contributed by atoms with Gasteiger partial charge < -0.3 is 17.2 Å². The van der Waals surface area contributed by atoms with Crippen molar-refractivity contribution in [2.45, 2.75) is 0 Å². The fourth-order valence-electron chi connectivity index (χ4n) is 1.14. The van der Waals surface area contributed by atoms with Gasteiger partial charge in [-0.3, -0.25) is 15.0 Å². The van der Waals surface area contributed by atoms with Gasteiger partial charge in [0.05, 0.1) is 5.56 Å². The lowest BCUT2D eigenvalue weighted by Gasteiger charge is -2.05. The zero-order valence-electron chi connectivity index (χ0n) is 7.78. The van der Waals surface area contributed by atoms with E-state index in [4.69, 9.17) is 22.6 Å². The minimum Gasteiger partial charge on any atom is -0.384 e. The number of amidine groups is 1. The lowest BCUT2D eigenvalue weighted by atomic mass is 10.0. The summed E-state index contributed by atoms with van der Waals surface area (Å²) in [6.07, 6.45) is 0. The summed E-state index contributed by atoms with van der Waals surface area (Å²) in [6, 6.07) is 3.97. The molecule has 0 fully saturated rings. The first kappa shape index (κ1) is 10.7. The fraction of sp³-hybridized carbons (Fsp3) is 0. The maximum Gasteiger partial charge on any atom is 0.249 e. The second kappa shape index (κ2) is 3.79. The Morgan fingerprint density at radius 1 is 1.00 bits per heavy atom. The highest BCUT2D eigenvalue weighted by molar-refractivity contribution is 6.08. The molecule has 0 aliphatic carbocycles. The Hall–Kier alpha value is -2.37. The zero-order valence-corrected chi connectivity index (χ0v) is 7.78. The van der Waals surface area contributed by atoms with Crippen molar-refractivity contribution in [3.8, 4) is 0 Å². The van der Waals surface area contributed by atoms with E-state index in [0.717, 1.165) is 0 Å². The van der Waals surface area contributed by atoms with Crippen LogP contribution in [-0.4, -0.2) is 17.6 Å². The average Bonchev–Trinajstić information content (AvgIpc) is 2.16. The van der Waals surface area contributed by atoms with Crippen LogP contribution in [0, 0.1) is 5.41 Å². The Morgan fingerprint density at radius 2 is 1.60 bits per heavy atom. The van der Waals surface area contributed by atoms with Crippen LogP contribution in [0.1, 0.15) is 26.3 Å². The molecule has 0 spiro atoms. The predicted octanol–water partition coefficient (Wildman–Crippen LogP) is -0.832. The number of hydrogen-bond donors (Lipinski definition) is 4. The minimum absolute atomic E-state index is 0.0128. The number of rotatable bonds is 3. The minimum atomic E-state index is -0.761. The van der Waals surface area contributed by atoms with Gasteiger partial charge in [0.2, 0.25) is 11.8 Å². The summed E-state index contributed by atoms with van der Waals surface area (Å²) in [5.74, 6) is -1.73. The first-order valence-corrected chi connectivity index (χ1v) is 4.01. The quantitative estimate of drug-likeness (QED) is 0.379. The normalized spacial score (nSPS) is 9.60. The number of primary amides is 2. The molecule has 0 aliphatic heterocycles. The Labute approximate surface area is 85.6 Å². The Morgan fingerprint density at radius 3 is 2.00 bits per heavy atom. The molecule has 0 unspecified atom stereocenters. The largest absolute Gasteiger partial charge is 0.384 e. The molecule has 0 saturated carbocycles. The predicted molar refractivity (Wildman–Crippen MR) is 54.5 cm³/mol. The maximum atomic E-state index is 11.0. The topological polar surface area (TPSA) is 136 Å². The van der Waals surface area contributed by atoms with Crippen LogP contribution in [0.15, 0.2) is 18.2 Å². The summed E-state index contributed by atoms with van der Waals surface area (Å²) in [5.41, 5.74) is 15.7. The molecule has 0 bridgehead atoms. The third-order valence-electron chi connectivity index (χ3n) is 1.86. The third-order valence-corrected chi connectivity index (χ3v) is 1.86. The van der Waals surface area contributed by atoms with Crippen molar-refractivity contribution >= 4 is 17.6 Å². The van der Waals surface area contributed by atoms with Crippen molar-refractivity contribution in [2.24, 2.45) is 17.2 Å².